The third-order valence-corrected chi connectivity index (χ3v) is 4.78. The molecule has 6 heteroatoms. The molecule has 0 heterocycles. The third-order valence-electron chi connectivity index (χ3n) is 4.78. The van der Waals surface area contributed by atoms with Crippen molar-refractivity contribution in [3.8, 4) is 0 Å². The zero-order valence-corrected chi connectivity index (χ0v) is 18.1. The van der Waals surface area contributed by atoms with Gasteiger partial charge in [-0.05, 0) is 43.4 Å². The van der Waals surface area contributed by atoms with Crippen molar-refractivity contribution in [3.05, 3.63) is 35.4 Å². The van der Waals surface area contributed by atoms with Gasteiger partial charge >= 0.3 is 0 Å². The molecule has 0 aromatic heterocycles. The number of rotatable bonds is 8. The third kappa shape index (κ3) is 8.38. The molecule has 0 saturated heterocycles. The number of benzene rings is 1. The number of carbonyl (C=O) groups is 1. The number of nitrogens with two attached hydrogens (primary N) is 1. The maximum atomic E-state index is 11.3. The predicted octanol–water partition coefficient (Wildman–Crippen LogP) is 3.82. The number of primary amides is 1. The van der Waals surface area contributed by atoms with E-state index >= 15 is 0 Å². The molecule has 26 heavy (non-hydrogen) atoms. The molecule has 1 saturated carbocycles. The largest absolute Gasteiger partial charge is 0.366 e. The van der Waals surface area contributed by atoms with Crippen LogP contribution in [0.1, 0.15) is 67.8 Å². The summed E-state index contributed by atoms with van der Waals surface area (Å²) in [5.74, 6) is 1.35. The lowest BCUT2D eigenvalue weighted by Gasteiger charge is -2.21. The first kappa shape index (κ1) is 22.7. The minimum atomic E-state index is -0.404. The summed E-state index contributed by atoms with van der Waals surface area (Å²) >= 11 is 0. The van der Waals surface area contributed by atoms with Gasteiger partial charge in [0.05, 0.1) is 6.54 Å². The Kier molecular flexibility index (Phi) is 11.3. The van der Waals surface area contributed by atoms with Crippen LogP contribution in [0.3, 0.4) is 0 Å². The van der Waals surface area contributed by atoms with Crippen LogP contribution in [0.5, 0.6) is 0 Å². The molecule has 2 rings (SSSR count). The standard InChI is InChI=1S/C20H32N4O.HI/c1-2-22-20(23-13-7-11-16-8-4-3-5-9-16)24-15-17-10-6-12-18(14-17)19(21)25;/h6,10,12,14,16H,2-5,7-9,11,13,15H2,1H3,(H2,21,25)(H2,22,23,24);1H. The average Bonchev–Trinajstić information content (AvgIpc) is 2.64. The lowest BCUT2D eigenvalue weighted by atomic mass is 9.86. The summed E-state index contributed by atoms with van der Waals surface area (Å²) in [4.78, 5) is 15.9. The first-order valence-electron chi connectivity index (χ1n) is 9.60. The van der Waals surface area contributed by atoms with Crippen molar-refractivity contribution in [2.24, 2.45) is 16.6 Å². The Morgan fingerprint density at radius 2 is 2.00 bits per heavy atom. The van der Waals surface area contributed by atoms with E-state index in [-0.39, 0.29) is 24.0 Å². The van der Waals surface area contributed by atoms with Crippen LogP contribution in [0.2, 0.25) is 0 Å². The van der Waals surface area contributed by atoms with Crippen LogP contribution in [0.25, 0.3) is 0 Å². The molecule has 0 atom stereocenters. The second kappa shape index (κ2) is 12.9. The van der Waals surface area contributed by atoms with E-state index in [1.54, 1.807) is 12.1 Å². The van der Waals surface area contributed by atoms with Gasteiger partial charge in [0.2, 0.25) is 5.91 Å². The maximum Gasteiger partial charge on any atom is 0.248 e. The Morgan fingerprint density at radius 1 is 1.23 bits per heavy atom. The van der Waals surface area contributed by atoms with E-state index in [2.05, 4.69) is 22.5 Å². The van der Waals surface area contributed by atoms with Crippen molar-refractivity contribution >= 4 is 35.8 Å². The van der Waals surface area contributed by atoms with Gasteiger partial charge in [0.1, 0.15) is 0 Å². The van der Waals surface area contributed by atoms with Gasteiger partial charge < -0.3 is 16.4 Å². The van der Waals surface area contributed by atoms with Crippen LogP contribution in [0.15, 0.2) is 29.3 Å². The van der Waals surface area contributed by atoms with Crippen LogP contribution < -0.4 is 16.4 Å². The van der Waals surface area contributed by atoms with Crippen molar-refractivity contribution in [2.75, 3.05) is 13.1 Å². The van der Waals surface area contributed by atoms with Crippen LogP contribution in [0, 0.1) is 5.92 Å². The number of carbonyl (C=O) groups excluding carboxylic acids is 1. The molecule has 146 valence electrons. The van der Waals surface area contributed by atoms with Gasteiger partial charge in [0, 0.05) is 18.7 Å². The highest BCUT2D eigenvalue weighted by atomic mass is 127. The van der Waals surface area contributed by atoms with E-state index in [0.29, 0.717) is 12.1 Å². The van der Waals surface area contributed by atoms with Crippen molar-refractivity contribution in [1.82, 2.24) is 10.6 Å². The highest BCUT2D eigenvalue weighted by molar-refractivity contribution is 14.0. The summed E-state index contributed by atoms with van der Waals surface area (Å²) in [6.07, 6.45) is 9.55. The monoisotopic (exact) mass is 472 g/mol. The molecule has 1 aromatic carbocycles. The Morgan fingerprint density at radius 3 is 2.69 bits per heavy atom. The fraction of sp³-hybridized carbons (Fsp3) is 0.600. The summed E-state index contributed by atoms with van der Waals surface area (Å²) in [6.45, 7) is 4.37. The van der Waals surface area contributed by atoms with E-state index in [1.165, 1.54) is 44.9 Å². The normalized spacial score (nSPS) is 15.2. The number of halogens is 1. The van der Waals surface area contributed by atoms with Gasteiger partial charge in [-0.2, -0.15) is 0 Å². The van der Waals surface area contributed by atoms with Crippen LogP contribution in [-0.2, 0) is 6.54 Å². The molecular formula is C20H33IN4O. The summed E-state index contributed by atoms with van der Waals surface area (Å²) in [6, 6.07) is 7.33. The van der Waals surface area contributed by atoms with Crippen molar-refractivity contribution in [1.29, 1.82) is 0 Å². The van der Waals surface area contributed by atoms with E-state index in [9.17, 15) is 4.79 Å². The lowest BCUT2D eigenvalue weighted by molar-refractivity contribution is 0.1000. The molecule has 1 aliphatic rings. The topological polar surface area (TPSA) is 79.5 Å². The fourth-order valence-electron chi connectivity index (χ4n) is 3.41. The van der Waals surface area contributed by atoms with Gasteiger partial charge in [-0.25, -0.2) is 4.99 Å². The van der Waals surface area contributed by atoms with Gasteiger partial charge in [0.25, 0.3) is 0 Å². The Hall–Kier alpha value is -1.31. The number of hydrogen-bond donors (Lipinski definition) is 3. The molecule has 0 unspecified atom stereocenters. The van der Waals surface area contributed by atoms with Crippen molar-refractivity contribution < 1.29 is 4.79 Å². The van der Waals surface area contributed by atoms with E-state index < -0.39 is 5.91 Å². The lowest BCUT2D eigenvalue weighted by Crippen LogP contribution is -2.37. The summed E-state index contributed by atoms with van der Waals surface area (Å²) in [5, 5.41) is 6.69. The Bertz CT molecular complexity index is 571. The second-order valence-corrected chi connectivity index (χ2v) is 6.83. The SMILES string of the molecule is CCNC(=NCc1cccc(C(N)=O)c1)NCCCC1CCCCC1.I. The number of aliphatic imine (C=N–C) groups is 1. The maximum absolute atomic E-state index is 11.3. The van der Waals surface area contributed by atoms with Crippen LogP contribution in [0.4, 0.5) is 0 Å². The molecule has 0 bridgehead atoms. The summed E-state index contributed by atoms with van der Waals surface area (Å²) in [7, 11) is 0. The second-order valence-electron chi connectivity index (χ2n) is 6.83. The summed E-state index contributed by atoms with van der Waals surface area (Å²) < 4.78 is 0. The quantitative estimate of drug-likeness (QED) is 0.233. The van der Waals surface area contributed by atoms with Crippen molar-refractivity contribution in [2.45, 2.75) is 58.4 Å². The summed E-state index contributed by atoms with van der Waals surface area (Å²) in [5.41, 5.74) is 6.84. The minimum Gasteiger partial charge on any atom is -0.366 e. The number of hydrogen-bond acceptors (Lipinski definition) is 2. The van der Waals surface area contributed by atoms with Gasteiger partial charge in [-0.1, -0.05) is 44.2 Å². The minimum absolute atomic E-state index is 0. The molecule has 0 radical (unpaired) electrons. The van der Waals surface area contributed by atoms with Crippen molar-refractivity contribution in [3.63, 3.8) is 0 Å². The number of guanidine groups is 1. The predicted molar refractivity (Wildman–Crippen MR) is 119 cm³/mol. The van der Waals surface area contributed by atoms with E-state index in [1.807, 2.05) is 12.1 Å². The van der Waals surface area contributed by atoms with Gasteiger partial charge in [-0.15, -0.1) is 24.0 Å². The molecule has 1 aliphatic carbocycles. The number of nitrogens with one attached hydrogen (secondary N) is 2. The molecule has 0 aliphatic heterocycles. The first-order valence-corrected chi connectivity index (χ1v) is 9.60. The Balaban J connectivity index is 0.00000338. The van der Waals surface area contributed by atoms with Gasteiger partial charge in [0.15, 0.2) is 5.96 Å². The molecule has 1 fully saturated rings. The molecule has 1 amide bonds. The fourth-order valence-corrected chi connectivity index (χ4v) is 3.41. The molecular weight excluding hydrogens is 439 g/mol. The highest BCUT2D eigenvalue weighted by Gasteiger charge is 2.12. The van der Waals surface area contributed by atoms with Gasteiger partial charge in [-0.3, -0.25) is 4.79 Å². The zero-order chi connectivity index (χ0) is 17.9. The zero-order valence-electron chi connectivity index (χ0n) is 15.8. The molecule has 5 nitrogen and oxygen atoms in total. The molecule has 4 N–H and O–H groups in total. The van der Waals surface area contributed by atoms with E-state index in [0.717, 1.165) is 30.5 Å². The smallest absolute Gasteiger partial charge is 0.248 e. The molecule has 0 spiro atoms. The van der Waals surface area contributed by atoms with E-state index in [4.69, 9.17) is 5.73 Å². The average molecular weight is 472 g/mol. The highest BCUT2D eigenvalue weighted by Crippen LogP contribution is 2.26. The number of nitrogens with zero attached hydrogens (tertiary/aromatic N) is 1. The van der Waals surface area contributed by atoms with Crippen LogP contribution in [-0.4, -0.2) is 25.0 Å². The first-order chi connectivity index (χ1) is 12.2. The number of amides is 1. The Labute approximate surface area is 174 Å². The molecule has 1 aromatic rings. The van der Waals surface area contributed by atoms with Crippen LogP contribution >= 0.6 is 24.0 Å².